The zero-order chi connectivity index (χ0) is 20.7. The van der Waals surface area contributed by atoms with Crippen molar-refractivity contribution in [2.45, 2.75) is 6.42 Å². The van der Waals surface area contributed by atoms with E-state index in [0.29, 0.717) is 23.6 Å². The number of aromatic nitrogens is 4. The molecule has 0 aliphatic heterocycles. The van der Waals surface area contributed by atoms with Gasteiger partial charge in [-0.25, -0.2) is 9.37 Å². The second kappa shape index (κ2) is 7.11. The lowest BCUT2D eigenvalue weighted by atomic mass is 10.1. The van der Waals surface area contributed by atoms with Gasteiger partial charge in [-0.3, -0.25) is 9.36 Å². The lowest BCUT2D eigenvalue weighted by Crippen LogP contribution is -2.22. The van der Waals surface area contributed by atoms with Crippen LogP contribution in [-0.4, -0.2) is 19.5 Å². The van der Waals surface area contributed by atoms with Gasteiger partial charge in [0.25, 0.3) is 5.56 Å². The third-order valence-corrected chi connectivity index (χ3v) is 5.14. The Bertz CT molecular complexity index is 1440. The molecule has 6 nitrogen and oxygen atoms in total. The lowest BCUT2D eigenvalue weighted by molar-refractivity contribution is 0.627. The van der Waals surface area contributed by atoms with E-state index in [2.05, 4.69) is 20.3 Å². The van der Waals surface area contributed by atoms with Crippen LogP contribution >= 0.6 is 0 Å². The van der Waals surface area contributed by atoms with Crippen molar-refractivity contribution in [3.8, 4) is 0 Å². The van der Waals surface area contributed by atoms with E-state index in [1.165, 1.54) is 16.7 Å². The molecule has 5 aromatic rings. The molecular formula is C23H18FN5O. The molecule has 0 fully saturated rings. The highest BCUT2D eigenvalue weighted by Gasteiger charge is 2.11. The third-order valence-electron chi connectivity index (χ3n) is 5.14. The number of H-pyrrole nitrogens is 1. The number of nitrogens with zero attached hydrogens (tertiary/aromatic N) is 3. The number of aromatic amines is 1. The van der Waals surface area contributed by atoms with Gasteiger partial charge in [0.1, 0.15) is 11.5 Å². The molecule has 0 saturated carbocycles. The number of anilines is 2. The minimum atomic E-state index is -0.297. The molecule has 7 heteroatoms. The fraction of sp³-hybridized carbons (Fsp3) is 0.0870. The predicted molar refractivity (Wildman–Crippen MR) is 116 cm³/mol. The summed E-state index contributed by atoms with van der Waals surface area (Å²) in [5.74, 6) is 0.118. The van der Waals surface area contributed by atoms with E-state index in [-0.39, 0.29) is 11.4 Å². The van der Waals surface area contributed by atoms with Crippen LogP contribution in [-0.2, 0) is 13.5 Å². The molecule has 2 aromatic carbocycles. The maximum absolute atomic E-state index is 13.1. The van der Waals surface area contributed by atoms with Crippen LogP contribution in [0.1, 0.15) is 11.1 Å². The molecule has 0 amide bonds. The van der Waals surface area contributed by atoms with E-state index in [1.54, 1.807) is 31.4 Å². The average Bonchev–Trinajstić information content (AvgIpc) is 3.22. The van der Waals surface area contributed by atoms with Gasteiger partial charge in [-0.2, -0.15) is 4.98 Å². The molecule has 3 aromatic heterocycles. The molecule has 2 N–H and O–H groups in total. The van der Waals surface area contributed by atoms with Gasteiger partial charge in [0, 0.05) is 53.4 Å². The molecule has 0 spiro atoms. The highest BCUT2D eigenvalue weighted by molar-refractivity contribution is 5.84. The van der Waals surface area contributed by atoms with Crippen LogP contribution in [0.4, 0.5) is 16.0 Å². The van der Waals surface area contributed by atoms with Crippen LogP contribution in [0.2, 0.25) is 0 Å². The second-order valence-corrected chi connectivity index (χ2v) is 7.21. The summed E-state index contributed by atoms with van der Waals surface area (Å²) in [4.78, 5) is 25.0. The maximum Gasteiger partial charge on any atom is 0.255 e. The number of nitrogens with one attached hydrogen (secondary N) is 2. The monoisotopic (exact) mass is 399 g/mol. The Morgan fingerprint density at radius 2 is 1.90 bits per heavy atom. The van der Waals surface area contributed by atoms with E-state index in [1.807, 2.05) is 30.5 Å². The smallest absolute Gasteiger partial charge is 0.255 e. The van der Waals surface area contributed by atoms with Crippen LogP contribution in [0.3, 0.4) is 0 Å². The topological polar surface area (TPSA) is 75.6 Å². The van der Waals surface area contributed by atoms with Crippen molar-refractivity contribution in [1.29, 1.82) is 0 Å². The Labute approximate surface area is 171 Å². The average molecular weight is 399 g/mol. The van der Waals surface area contributed by atoms with E-state index in [4.69, 9.17) is 0 Å². The van der Waals surface area contributed by atoms with Crippen molar-refractivity contribution in [3.05, 3.63) is 94.3 Å². The summed E-state index contributed by atoms with van der Waals surface area (Å²) in [6.07, 6.45) is 4.01. The lowest BCUT2D eigenvalue weighted by Gasteiger charge is -2.10. The Hall–Kier alpha value is -4.00. The quantitative estimate of drug-likeness (QED) is 0.473. The number of fused-ring (bicyclic) bond motifs is 2. The summed E-state index contributed by atoms with van der Waals surface area (Å²) in [5, 5.41) is 5.04. The highest BCUT2D eigenvalue weighted by atomic mass is 19.1. The largest absolute Gasteiger partial charge is 0.361 e. The van der Waals surface area contributed by atoms with E-state index in [0.717, 1.165) is 27.5 Å². The Morgan fingerprint density at radius 1 is 1.07 bits per heavy atom. The normalized spacial score (nSPS) is 11.3. The third kappa shape index (κ3) is 3.30. The highest BCUT2D eigenvalue weighted by Crippen LogP contribution is 2.21. The Balaban J connectivity index is 1.49. The minimum Gasteiger partial charge on any atom is -0.361 e. The molecule has 30 heavy (non-hydrogen) atoms. The van der Waals surface area contributed by atoms with E-state index >= 15 is 0 Å². The van der Waals surface area contributed by atoms with Gasteiger partial charge in [0.05, 0.1) is 0 Å². The Kier molecular flexibility index (Phi) is 4.28. The fourth-order valence-corrected chi connectivity index (χ4v) is 3.58. The number of aryl methyl sites for hydroxylation is 1. The zero-order valence-corrected chi connectivity index (χ0v) is 16.2. The first kappa shape index (κ1) is 18.1. The molecule has 0 bridgehead atoms. The number of hydrogen-bond donors (Lipinski definition) is 2. The second-order valence-electron chi connectivity index (χ2n) is 7.21. The summed E-state index contributed by atoms with van der Waals surface area (Å²) in [6, 6.07) is 15.9. The van der Waals surface area contributed by atoms with Crippen LogP contribution in [0.5, 0.6) is 0 Å². The first-order valence-corrected chi connectivity index (χ1v) is 9.51. The molecule has 5 rings (SSSR count). The maximum atomic E-state index is 13.1. The zero-order valence-electron chi connectivity index (χ0n) is 16.2. The SMILES string of the molecule is Cn1c(=O)c(Cc2ccc(F)cc2)cc2cnc(Nc3ccc4[nH]ccc4c3)nc21. The van der Waals surface area contributed by atoms with Crippen LogP contribution < -0.4 is 10.9 Å². The molecule has 0 aliphatic rings. The molecule has 3 heterocycles. The number of benzene rings is 2. The minimum absolute atomic E-state index is 0.134. The van der Waals surface area contributed by atoms with E-state index in [9.17, 15) is 9.18 Å². The number of hydrogen-bond acceptors (Lipinski definition) is 4. The van der Waals surface area contributed by atoms with Crippen LogP contribution in [0.25, 0.3) is 21.9 Å². The molecule has 0 aliphatic carbocycles. The fourth-order valence-electron chi connectivity index (χ4n) is 3.58. The summed E-state index contributed by atoms with van der Waals surface area (Å²) < 4.78 is 14.7. The van der Waals surface area contributed by atoms with Gasteiger partial charge < -0.3 is 10.3 Å². The molecule has 0 atom stereocenters. The van der Waals surface area contributed by atoms with Gasteiger partial charge in [0.15, 0.2) is 0 Å². The summed E-state index contributed by atoms with van der Waals surface area (Å²) in [5.41, 5.74) is 3.80. The van der Waals surface area contributed by atoms with Gasteiger partial charge >= 0.3 is 0 Å². The molecule has 0 radical (unpaired) electrons. The van der Waals surface area contributed by atoms with Gasteiger partial charge in [-0.15, -0.1) is 0 Å². The van der Waals surface area contributed by atoms with Gasteiger partial charge in [0.2, 0.25) is 5.95 Å². The Morgan fingerprint density at radius 3 is 2.73 bits per heavy atom. The van der Waals surface area contributed by atoms with Crippen molar-refractivity contribution >= 4 is 33.6 Å². The van der Waals surface area contributed by atoms with Crippen LogP contribution in [0, 0.1) is 5.82 Å². The molecule has 0 saturated heterocycles. The van der Waals surface area contributed by atoms with Crippen molar-refractivity contribution < 1.29 is 4.39 Å². The van der Waals surface area contributed by atoms with Crippen molar-refractivity contribution in [3.63, 3.8) is 0 Å². The number of pyridine rings is 1. The molecule has 148 valence electrons. The standard InChI is InChI=1S/C23H18FN5O/c1-29-21-17(11-16(22(29)30)10-14-2-4-18(24)5-3-14)13-26-23(28-21)27-19-6-7-20-15(12-19)8-9-25-20/h2-9,11-13,25H,10H2,1H3,(H,26,27,28). The number of halogens is 1. The van der Waals surface area contributed by atoms with Crippen molar-refractivity contribution in [2.24, 2.45) is 7.05 Å². The first-order valence-electron chi connectivity index (χ1n) is 9.51. The first-order chi connectivity index (χ1) is 14.6. The summed E-state index contributed by atoms with van der Waals surface area (Å²) >= 11 is 0. The van der Waals surface area contributed by atoms with E-state index < -0.39 is 0 Å². The van der Waals surface area contributed by atoms with Crippen molar-refractivity contribution in [1.82, 2.24) is 19.5 Å². The summed E-state index contributed by atoms with van der Waals surface area (Å²) in [7, 11) is 1.70. The number of rotatable bonds is 4. The van der Waals surface area contributed by atoms with Gasteiger partial charge in [-0.05, 0) is 48.0 Å². The van der Waals surface area contributed by atoms with Crippen molar-refractivity contribution in [2.75, 3.05) is 5.32 Å². The van der Waals surface area contributed by atoms with Gasteiger partial charge in [-0.1, -0.05) is 12.1 Å². The van der Waals surface area contributed by atoms with Crippen LogP contribution in [0.15, 0.2) is 71.8 Å². The molecular weight excluding hydrogens is 381 g/mol. The predicted octanol–water partition coefficient (Wildman–Crippen LogP) is 4.28. The molecule has 0 unspecified atom stereocenters. The summed E-state index contributed by atoms with van der Waals surface area (Å²) in [6.45, 7) is 0.